The summed E-state index contributed by atoms with van der Waals surface area (Å²) in [4.78, 5) is 10.8. The number of benzene rings is 1. The lowest BCUT2D eigenvalue weighted by molar-refractivity contribution is -0.142. The second-order valence-electron chi connectivity index (χ2n) is 3.73. The molecule has 6 heteroatoms. The molecule has 0 saturated carbocycles. The molecule has 94 valence electrons. The number of aldehydes is 1. The first kappa shape index (κ1) is 12.3. The monoisotopic (exact) mass is 254 g/mol. The molecule has 0 aliphatic carbocycles. The highest BCUT2D eigenvalue weighted by atomic mass is 19.4. The smallest absolute Gasteiger partial charge is 0.298 e. The lowest BCUT2D eigenvalue weighted by Gasteiger charge is -2.05. The zero-order valence-corrected chi connectivity index (χ0v) is 9.19. The number of carbonyl (C=O) groups is 1. The normalized spacial score (nSPS) is 11.5. The number of nitrogens with zero attached hydrogens (tertiary/aromatic N) is 2. The van der Waals surface area contributed by atoms with Crippen molar-refractivity contribution in [2.45, 2.75) is 12.7 Å². The van der Waals surface area contributed by atoms with Crippen LogP contribution >= 0.6 is 0 Å². The number of carbonyl (C=O) groups excluding carboxylic acids is 1. The van der Waals surface area contributed by atoms with Gasteiger partial charge in [-0.15, -0.1) is 0 Å². The fraction of sp³-hybridized carbons (Fsp3) is 0.167. The molecule has 0 fully saturated rings. The molecular formula is C12H9F3N2O. The summed E-state index contributed by atoms with van der Waals surface area (Å²) in [7, 11) is 0. The molecule has 0 amide bonds. The lowest BCUT2D eigenvalue weighted by atomic mass is 10.1. The summed E-state index contributed by atoms with van der Waals surface area (Å²) in [6.45, 7) is -1.21. The van der Waals surface area contributed by atoms with Crippen molar-refractivity contribution in [2.75, 3.05) is 0 Å². The second-order valence-corrected chi connectivity index (χ2v) is 3.73. The molecule has 1 aromatic carbocycles. The van der Waals surface area contributed by atoms with Crippen LogP contribution in [0.4, 0.5) is 13.2 Å². The van der Waals surface area contributed by atoms with Gasteiger partial charge in [0, 0.05) is 11.8 Å². The third kappa shape index (κ3) is 2.77. The van der Waals surface area contributed by atoms with Crippen molar-refractivity contribution in [1.29, 1.82) is 0 Å². The molecular weight excluding hydrogens is 245 g/mol. The third-order valence-corrected chi connectivity index (χ3v) is 2.31. The van der Waals surface area contributed by atoms with Gasteiger partial charge in [-0.3, -0.25) is 9.48 Å². The van der Waals surface area contributed by atoms with Crippen LogP contribution in [0, 0.1) is 0 Å². The number of hydrogen-bond donors (Lipinski definition) is 0. The van der Waals surface area contributed by atoms with Crippen LogP contribution in [0.3, 0.4) is 0 Å². The van der Waals surface area contributed by atoms with E-state index in [1.807, 2.05) is 0 Å². The molecule has 0 spiro atoms. The Balaban J connectivity index is 2.39. The Kier molecular flexibility index (Phi) is 3.18. The molecule has 18 heavy (non-hydrogen) atoms. The molecule has 0 aliphatic heterocycles. The van der Waals surface area contributed by atoms with Crippen LogP contribution in [-0.2, 0) is 6.54 Å². The van der Waals surface area contributed by atoms with E-state index in [0.717, 1.165) is 10.9 Å². The van der Waals surface area contributed by atoms with Crippen molar-refractivity contribution in [3.63, 3.8) is 0 Å². The molecule has 0 atom stereocenters. The maximum absolute atomic E-state index is 12.2. The Hall–Kier alpha value is -2.11. The summed E-state index contributed by atoms with van der Waals surface area (Å²) in [5.41, 5.74) is 1.01. The van der Waals surface area contributed by atoms with Crippen molar-refractivity contribution in [3.8, 4) is 11.3 Å². The number of rotatable bonds is 3. The Morgan fingerprint density at radius 2 is 1.89 bits per heavy atom. The quantitative estimate of drug-likeness (QED) is 0.789. The number of hydrogen-bond acceptors (Lipinski definition) is 2. The van der Waals surface area contributed by atoms with E-state index in [1.165, 1.54) is 0 Å². The van der Waals surface area contributed by atoms with Gasteiger partial charge in [0.05, 0.1) is 5.56 Å². The zero-order valence-electron chi connectivity index (χ0n) is 9.19. The molecule has 0 radical (unpaired) electrons. The molecule has 2 aromatic rings. The van der Waals surface area contributed by atoms with Crippen LogP contribution in [0.15, 0.2) is 36.5 Å². The SMILES string of the molecule is O=Cc1cn(CC(F)(F)F)nc1-c1ccccc1. The minimum atomic E-state index is -4.36. The molecule has 2 rings (SSSR count). The van der Waals surface area contributed by atoms with Crippen LogP contribution in [0.25, 0.3) is 11.3 Å². The highest BCUT2D eigenvalue weighted by Gasteiger charge is 2.29. The Morgan fingerprint density at radius 1 is 1.22 bits per heavy atom. The molecule has 1 heterocycles. The van der Waals surface area contributed by atoms with Crippen LogP contribution in [0.2, 0.25) is 0 Å². The molecule has 0 saturated heterocycles. The van der Waals surface area contributed by atoms with Crippen molar-refractivity contribution in [3.05, 3.63) is 42.1 Å². The van der Waals surface area contributed by atoms with Gasteiger partial charge in [0.15, 0.2) is 6.29 Å². The molecule has 0 bridgehead atoms. The Bertz CT molecular complexity index is 546. The van der Waals surface area contributed by atoms with E-state index in [9.17, 15) is 18.0 Å². The first-order chi connectivity index (χ1) is 8.49. The topological polar surface area (TPSA) is 34.9 Å². The molecule has 0 aliphatic rings. The fourth-order valence-corrected chi connectivity index (χ4v) is 1.61. The van der Waals surface area contributed by atoms with Crippen LogP contribution in [-0.4, -0.2) is 22.2 Å². The summed E-state index contributed by atoms with van der Waals surface area (Å²) < 4.78 is 37.4. The largest absolute Gasteiger partial charge is 0.408 e. The number of halogens is 3. The molecule has 0 N–H and O–H groups in total. The van der Waals surface area contributed by atoms with E-state index >= 15 is 0 Å². The Labute approximate surface area is 101 Å². The third-order valence-electron chi connectivity index (χ3n) is 2.31. The fourth-order valence-electron chi connectivity index (χ4n) is 1.61. The van der Waals surface area contributed by atoms with E-state index in [2.05, 4.69) is 5.10 Å². The summed E-state index contributed by atoms with van der Waals surface area (Å²) >= 11 is 0. The number of aromatic nitrogens is 2. The number of alkyl halides is 3. The maximum atomic E-state index is 12.2. The van der Waals surface area contributed by atoms with Crippen LogP contribution in [0.1, 0.15) is 10.4 Å². The van der Waals surface area contributed by atoms with Crippen molar-refractivity contribution >= 4 is 6.29 Å². The minimum Gasteiger partial charge on any atom is -0.298 e. The average molecular weight is 254 g/mol. The predicted molar refractivity (Wildman–Crippen MR) is 59.1 cm³/mol. The van der Waals surface area contributed by atoms with E-state index in [1.54, 1.807) is 30.3 Å². The van der Waals surface area contributed by atoms with Crippen molar-refractivity contribution < 1.29 is 18.0 Å². The maximum Gasteiger partial charge on any atom is 0.408 e. The molecule has 0 unspecified atom stereocenters. The van der Waals surface area contributed by atoms with Gasteiger partial charge >= 0.3 is 6.18 Å². The predicted octanol–water partition coefficient (Wildman–Crippen LogP) is 2.92. The van der Waals surface area contributed by atoms with E-state index in [-0.39, 0.29) is 11.3 Å². The van der Waals surface area contributed by atoms with Crippen LogP contribution in [0.5, 0.6) is 0 Å². The van der Waals surface area contributed by atoms with Gasteiger partial charge in [-0.05, 0) is 0 Å². The van der Waals surface area contributed by atoms with Gasteiger partial charge in [0.2, 0.25) is 0 Å². The van der Waals surface area contributed by atoms with Gasteiger partial charge in [-0.2, -0.15) is 18.3 Å². The highest BCUT2D eigenvalue weighted by molar-refractivity contribution is 5.85. The highest BCUT2D eigenvalue weighted by Crippen LogP contribution is 2.23. The van der Waals surface area contributed by atoms with Crippen LogP contribution < -0.4 is 0 Å². The summed E-state index contributed by atoms with van der Waals surface area (Å²) in [5.74, 6) is 0. The first-order valence-electron chi connectivity index (χ1n) is 5.14. The average Bonchev–Trinajstić information content (AvgIpc) is 2.71. The van der Waals surface area contributed by atoms with Gasteiger partial charge in [-0.25, -0.2) is 0 Å². The van der Waals surface area contributed by atoms with Gasteiger partial charge in [-0.1, -0.05) is 30.3 Å². The van der Waals surface area contributed by atoms with E-state index in [4.69, 9.17) is 0 Å². The zero-order chi connectivity index (χ0) is 13.2. The second kappa shape index (κ2) is 4.64. The summed E-state index contributed by atoms with van der Waals surface area (Å²) in [6.07, 6.45) is -2.76. The first-order valence-corrected chi connectivity index (χ1v) is 5.14. The van der Waals surface area contributed by atoms with Gasteiger partial charge in [0.25, 0.3) is 0 Å². The van der Waals surface area contributed by atoms with E-state index in [0.29, 0.717) is 11.8 Å². The summed E-state index contributed by atoms with van der Waals surface area (Å²) in [5, 5.41) is 3.80. The molecule has 3 nitrogen and oxygen atoms in total. The van der Waals surface area contributed by atoms with Crippen molar-refractivity contribution in [1.82, 2.24) is 9.78 Å². The Morgan fingerprint density at radius 3 is 2.44 bits per heavy atom. The standard InChI is InChI=1S/C12H9F3N2O/c13-12(14,15)8-17-6-10(7-18)11(16-17)9-4-2-1-3-5-9/h1-7H,8H2. The van der Waals surface area contributed by atoms with Gasteiger partial charge < -0.3 is 0 Å². The van der Waals surface area contributed by atoms with E-state index < -0.39 is 12.7 Å². The lowest BCUT2D eigenvalue weighted by Crippen LogP contribution is -2.17. The minimum absolute atomic E-state index is 0.144. The van der Waals surface area contributed by atoms with Crippen molar-refractivity contribution in [2.24, 2.45) is 0 Å². The molecule has 1 aromatic heterocycles. The van der Waals surface area contributed by atoms with Gasteiger partial charge in [0.1, 0.15) is 12.2 Å². The summed E-state index contributed by atoms with van der Waals surface area (Å²) in [6, 6.07) is 8.61.